The molecule has 1 aromatic carbocycles. The Morgan fingerprint density at radius 1 is 1.05 bits per heavy atom. The van der Waals surface area contributed by atoms with Gasteiger partial charge in [0.1, 0.15) is 11.3 Å². The summed E-state index contributed by atoms with van der Waals surface area (Å²) < 4.78 is 0. The lowest BCUT2D eigenvalue weighted by molar-refractivity contribution is 1.05. The quantitative estimate of drug-likeness (QED) is 0.789. The fourth-order valence-electron chi connectivity index (χ4n) is 1.72. The predicted octanol–water partition coefficient (Wildman–Crippen LogP) is 3.21. The van der Waals surface area contributed by atoms with Crippen molar-refractivity contribution in [1.82, 2.24) is 15.0 Å². The lowest BCUT2D eigenvalue weighted by Gasteiger charge is -2.06. The van der Waals surface area contributed by atoms with E-state index in [-0.39, 0.29) is 0 Å². The third-order valence-corrected chi connectivity index (χ3v) is 3.50. The van der Waals surface area contributed by atoms with Crippen LogP contribution in [0.4, 0.5) is 5.69 Å². The first-order valence-corrected chi connectivity index (χ1v) is 6.77. The molecule has 0 saturated carbocycles. The Morgan fingerprint density at radius 2 is 1.84 bits per heavy atom. The van der Waals surface area contributed by atoms with Crippen LogP contribution in [-0.2, 0) is 6.54 Å². The maximum Gasteiger partial charge on any atom is 0.123 e. The van der Waals surface area contributed by atoms with Crippen molar-refractivity contribution in [2.24, 2.45) is 0 Å². The van der Waals surface area contributed by atoms with Crippen molar-refractivity contribution in [3.63, 3.8) is 0 Å². The normalized spacial score (nSPS) is 10.3. The summed E-state index contributed by atoms with van der Waals surface area (Å²) in [7, 11) is 0. The van der Waals surface area contributed by atoms with Gasteiger partial charge in [-0.1, -0.05) is 0 Å². The van der Waals surface area contributed by atoms with E-state index in [1.165, 1.54) is 6.33 Å². The number of nitrogens with one attached hydrogen (secondary N) is 1. The maximum atomic E-state index is 4.29. The van der Waals surface area contributed by atoms with Crippen LogP contribution in [0.25, 0.3) is 10.6 Å². The Hall–Kier alpha value is -2.27. The monoisotopic (exact) mass is 268 g/mol. The SMILES string of the molecule is c1ncc(CNc2ccc(-c3nccs3)cc2)cn1. The molecule has 1 N–H and O–H groups in total. The van der Waals surface area contributed by atoms with Crippen LogP contribution in [0.1, 0.15) is 5.56 Å². The molecule has 0 fully saturated rings. The van der Waals surface area contributed by atoms with Crippen LogP contribution in [0.15, 0.2) is 54.6 Å². The number of nitrogens with zero attached hydrogens (tertiary/aromatic N) is 3. The van der Waals surface area contributed by atoms with Gasteiger partial charge in [0, 0.05) is 47.3 Å². The van der Waals surface area contributed by atoms with Crippen LogP contribution in [0.2, 0.25) is 0 Å². The smallest absolute Gasteiger partial charge is 0.123 e. The van der Waals surface area contributed by atoms with Gasteiger partial charge in [-0.25, -0.2) is 15.0 Å². The summed E-state index contributed by atoms with van der Waals surface area (Å²) >= 11 is 1.64. The molecule has 19 heavy (non-hydrogen) atoms. The average Bonchev–Trinajstić information content (AvgIpc) is 3.01. The second-order valence-corrected chi connectivity index (χ2v) is 4.91. The van der Waals surface area contributed by atoms with Gasteiger partial charge in [-0.15, -0.1) is 11.3 Å². The summed E-state index contributed by atoms with van der Waals surface area (Å²) in [5, 5.41) is 6.36. The topological polar surface area (TPSA) is 50.7 Å². The van der Waals surface area contributed by atoms with Gasteiger partial charge in [0.25, 0.3) is 0 Å². The maximum absolute atomic E-state index is 4.29. The molecule has 0 bridgehead atoms. The van der Waals surface area contributed by atoms with E-state index in [9.17, 15) is 0 Å². The molecule has 0 aliphatic carbocycles. The second kappa shape index (κ2) is 5.58. The number of hydrogen-bond donors (Lipinski definition) is 1. The Labute approximate surface area is 115 Å². The number of anilines is 1. The molecule has 0 atom stereocenters. The largest absolute Gasteiger partial charge is 0.381 e. The van der Waals surface area contributed by atoms with E-state index in [2.05, 4.69) is 44.5 Å². The Morgan fingerprint density at radius 3 is 2.53 bits per heavy atom. The highest BCUT2D eigenvalue weighted by atomic mass is 32.1. The molecule has 0 radical (unpaired) electrons. The molecule has 0 aliphatic rings. The van der Waals surface area contributed by atoms with Crippen molar-refractivity contribution in [2.45, 2.75) is 6.54 Å². The van der Waals surface area contributed by atoms with Gasteiger partial charge in [-0.05, 0) is 24.3 Å². The van der Waals surface area contributed by atoms with Gasteiger partial charge in [0.05, 0.1) is 0 Å². The van der Waals surface area contributed by atoms with E-state index in [1.54, 1.807) is 11.3 Å². The van der Waals surface area contributed by atoms with Gasteiger partial charge in [0.2, 0.25) is 0 Å². The molecular weight excluding hydrogens is 256 g/mol. The molecule has 3 aromatic rings. The second-order valence-electron chi connectivity index (χ2n) is 4.01. The third kappa shape index (κ3) is 2.95. The zero-order valence-corrected chi connectivity index (χ0v) is 11.0. The fourth-order valence-corrected chi connectivity index (χ4v) is 2.37. The minimum absolute atomic E-state index is 0.720. The number of aromatic nitrogens is 3. The highest BCUT2D eigenvalue weighted by Gasteiger charge is 2.00. The molecule has 0 aliphatic heterocycles. The molecule has 0 spiro atoms. The van der Waals surface area contributed by atoms with Crippen LogP contribution in [0.3, 0.4) is 0 Å². The summed E-state index contributed by atoms with van der Waals surface area (Å²) in [6.45, 7) is 0.720. The summed E-state index contributed by atoms with van der Waals surface area (Å²) in [4.78, 5) is 12.3. The number of benzene rings is 1. The standard InChI is InChI=1S/C14H12N4S/c1-3-13(18-9-11-7-15-10-16-8-11)4-2-12(1)14-17-5-6-19-14/h1-8,10,18H,9H2. The average molecular weight is 268 g/mol. The summed E-state index contributed by atoms with van der Waals surface area (Å²) in [6.07, 6.45) is 6.97. The minimum atomic E-state index is 0.720. The van der Waals surface area contributed by atoms with Crippen LogP contribution in [-0.4, -0.2) is 15.0 Å². The molecule has 0 amide bonds. The molecule has 2 aromatic heterocycles. The van der Waals surface area contributed by atoms with E-state index >= 15 is 0 Å². The first-order valence-electron chi connectivity index (χ1n) is 5.89. The number of rotatable bonds is 4. The molecule has 4 nitrogen and oxygen atoms in total. The van der Waals surface area contributed by atoms with Crippen molar-refractivity contribution >= 4 is 17.0 Å². The molecule has 5 heteroatoms. The zero-order chi connectivity index (χ0) is 12.9. The van der Waals surface area contributed by atoms with Gasteiger partial charge in [-0.3, -0.25) is 0 Å². The minimum Gasteiger partial charge on any atom is -0.381 e. The van der Waals surface area contributed by atoms with E-state index in [0.717, 1.165) is 28.4 Å². The van der Waals surface area contributed by atoms with Gasteiger partial charge < -0.3 is 5.32 Å². The first-order chi connectivity index (χ1) is 9.42. The first kappa shape index (κ1) is 11.8. The molecule has 0 unspecified atom stereocenters. The molecule has 94 valence electrons. The third-order valence-electron chi connectivity index (χ3n) is 2.67. The van der Waals surface area contributed by atoms with Crippen molar-refractivity contribution in [2.75, 3.05) is 5.32 Å². The predicted molar refractivity (Wildman–Crippen MR) is 76.9 cm³/mol. The van der Waals surface area contributed by atoms with Gasteiger partial charge in [-0.2, -0.15) is 0 Å². The molecular formula is C14H12N4S. The Bertz CT molecular complexity index is 620. The lowest BCUT2D eigenvalue weighted by Crippen LogP contribution is -1.99. The van der Waals surface area contributed by atoms with E-state index in [1.807, 2.05) is 24.0 Å². The van der Waals surface area contributed by atoms with Crippen molar-refractivity contribution < 1.29 is 0 Å². The summed E-state index contributed by atoms with van der Waals surface area (Å²) in [6, 6.07) is 8.26. The molecule has 0 saturated heterocycles. The molecule has 3 rings (SSSR count). The summed E-state index contributed by atoms with van der Waals surface area (Å²) in [5.41, 5.74) is 3.28. The lowest BCUT2D eigenvalue weighted by atomic mass is 10.2. The fraction of sp³-hybridized carbons (Fsp3) is 0.0714. The van der Waals surface area contributed by atoms with Crippen LogP contribution in [0, 0.1) is 0 Å². The number of hydrogen-bond acceptors (Lipinski definition) is 5. The van der Waals surface area contributed by atoms with Crippen LogP contribution in [0.5, 0.6) is 0 Å². The van der Waals surface area contributed by atoms with E-state index < -0.39 is 0 Å². The van der Waals surface area contributed by atoms with E-state index in [4.69, 9.17) is 0 Å². The molecule has 2 heterocycles. The zero-order valence-electron chi connectivity index (χ0n) is 10.2. The van der Waals surface area contributed by atoms with Crippen LogP contribution < -0.4 is 5.32 Å². The van der Waals surface area contributed by atoms with Crippen molar-refractivity contribution in [1.29, 1.82) is 0 Å². The van der Waals surface area contributed by atoms with Crippen molar-refractivity contribution in [3.05, 3.63) is 60.1 Å². The Balaban J connectivity index is 1.67. The van der Waals surface area contributed by atoms with Gasteiger partial charge in [0.15, 0.2) is 0 Å². The number of thiazole rings is 1. The van der Waals surface area contributed by atoms with Crippen LogP contribution >= 0.6 is 11.3 Å². The van der Waals surface area contributed by atoms with Crippen molar-refractivity contribution in [3.8, 4) is 10.6 Å². The highest BCUT2D eigenvalue weighted by molar-refractivity contribution is 7.13. The summed E-state index contributed by atoms with van der Waals surface area (Å²) in [5.74, 6) is 0. The highest BCUT2D eigenvalue weighted by Crippen LogP contribution is 2.23. The Kier molecular flexibility index (Phi) is 3.47. The van der Waals surface area contributed by atoms with E-state index in [0.29, 0.717) is 0 Å². The van der Waals surface area contributed by atoms with Gasteiger partial charge >= 0.3 is 0 Å².